The van der Waals surface area contributed by atoms with Gasteiger partial charge in [0.05, 0.1) is 12.8 Å². The van der Waals surface area contributed by atoms with E-state index in [2.05, 4.69) is 5.32 Å². The number of anilines is 1. The van der Waals surface area contributed by atoms with Crippen LogP contribution in [0.2, 0.25) is 0 Å². The average Bonchev–Trinajstić information content (AvgIpc) is 2.67. The van der Waals surface area contributed by atoms with Crippen molar-refractivity contribution in [2.45, 2.75) is 13.1 Å². The molecule has 0 aromatic heterocycles. The fraction of sp³-hybridized carbons (Fsp3) is 0.400. The molecule has 2 rings (SSSR count). The highest BCUT2D eigenvalue weighted by atomic mass is 16.3. The summed E-state index contributed by atoms with van der Waals surface area (Å²) in [6.45, 7) is 2.68. The van der Waals surface area contributed by atoms with Gasteiger partial charge in [-0.25, -0.2) is 0 Å². The molecule has 1 aliphatic rings. The van der Waals surface area contributed by atoms with E-state index in [1.807, 2.05) is 49.2 Å². The lowest BCUT2D eigenvalue weighted by Crippen LogP contribution is -2.30. The van der Waals surface area contributed by atoms with E-state index < -0.39 is 0 Å². The van der Waals surface area contributed by atoms with Crippen molar-refractivity contribution in [2.75, 3.05) is 32.1 Å². The summed E-state index contributed by atoms with van der Waals surface area (Å²) in [6.07, 6.45) is 1.89. The van der Waals surface area contributed by atoms with Crippen molar-refractivity contribution in [1.29, 1.82) is 0 Å². The standard InChI is InChI=1S/C15H21N3O2/c1-11-16-14(15(20)18(11)3)10-12-4-6-13(7-5-12)17(2)8-9-19/h4-7,10-11,16,19H,8-9H2,1-3H3/b14-10-. The maximum Gasteiger partial charge on any atom is 0.271 e. The number of amides is 1. The zero-order valence-corrected chi connectivity index (χ0v) is 12.1. The Labute approximate surface area is 119 Å². The second kappa shape index (κ2) is 5.96. The van der Waals surface area contributed by atoms with E-state index >= 15 is 0 Å². The van der Waals surface area contributed by atoms with E-state index in [9.17, 15) is 4.79 Å². The van der Waals surface area contributed by atoms with Crippen LogP contribution in [-0.4, -0.2) is 49.3 Å². The Morgan fingerprint density at radius 2 is 2.05 bits per heavy atom. The van der Waals surface area contributed by atoms with Gasteiger partial charge in [-0.05, 0) is 30.7 Å². The van der Waals surface area contributed by atoms with Gasteiger partial charge in [-0.2, -0.15) is 0 Å². The third kappa shape index (κ3) is 2.93. The lowest BCUT2D eigenvalue weighted by molar-refractivity contribution is -0.124. The number of nitrogens with zero attached hydrogens (tertiary/aromatic N) is 2. The molecule has 1 heterocycles. The Morgan fingerprint density at radius 1 is 1.40 bits per heavy atom. The van der Waals surface area contributed by atoms with Crippen LogP contribution in [0.5, 0.6) is 0 Å². The number of nitrogens with one attached hydrogen (secondary N) is 1. The quantitative estimate of drug-likeness (QED) is 0.800. The predicted octanol–water partition coefficient (Wildman–Crippen LogP) is 0.864. The van der Waals surface area contributed by atoms with Crippen molar-refractivity contribution in [2.24, 2.45) is 0 Å². The third-order valence-electron chi connectivity index (χ3n) is 3.58. The molecule has 1 amide bonds. The summed E-state index contributed by atoms with van der Waals surface area (Å²) < 4.78 is 0. The molecule has 0 saturated carbocycles. The van der Waals surface area contributed by atoms with Gasteiger partial charge in [0.15, 0.2) is 0 Å². The molecule has 2 N–H and O–H groups in total. The Bertz CT molecular complexity index is 510. The Morgan fingerprint density at radius 3 is 2.55 bits per heavy atom. The Kier molecular flexibility index (Phi) is 4.29. The first kappa shape index (κ1) is 14.4. The number of aliphatic hydroxyl groups is 1. The molecule has 0 spiro atoms. The minimum Gasteiger partial charge on any atom is -0.395 e. The topological polar surface area (TPSA) is 55.8 Å². The Hall–Kier alpha value is -2.01. The maximum atomic E-state index is 11.9. The largest absolute Gasteiger partial charge is 0.395 e. The molecule has 1 aliphatic heterocycles. The molecule has 20 heavy (non-hydrogen) atoms. The summed E-state index contributed by atoms with van der Waals surface area (Å²) in [5.74, 6) is 0.0129. The molecule has 1 atom stereocenters. The number of rotatable bonds is 4. The van der Waals surface area contributed by atoms with E-state index in [4.69, 9.17) is 5.11 Å². The van der Waals surface area contributed by atoms with Crippen molar-refractivity contribution in [1.82, 2.24) is 10.2 Å². The molecule has 5 heteroatoms. The molecular formula is C15H21N3O2. The van der Waals surface area contributed by atoms with E-state index in [0.29, 0.717) is 12.2 Å². The lowest BCUT2D eigenvalue weighted by atomic mass is 10.1. The summed E-state index contributed by atoms with van der Waals surface area (Å²) in [5.41, 5.74) is 2.64. The molecule has 1 unspecified atom stereocenters. The normalized spacial score (nSPS) is 20.4. The van der Waals surface area contributed by atoms with Gasteiger partial charge in [-0.15, -0.1) is 0 Å². The number of aliphatic hydroxyl groups excluding tert-OH is 1. The first-order valence-corrected chi connectivity index (χ1v) is 6.70. The summed E-state index contributed by atoms with van der Waals surface area (Å²) >= 11 is 0. The van der Waals surface area contributed by atoms with E-state index in [0.717, 1.165) is 11.3 Å². The number of hydrogen-bond acceptors (Lipinski definition) is 4. The van der Waals surface area contributed by atoms with E-state index in [1.165, 1.54) is 0 Å². The molecule has 1 saturated heterocycles. The molecule has 5 nitrogen and oxygen atoms in total. The molecule has 1 aromatic carbocycles. The van der Waals surface area contributed by atoms with Crippen LogP contribution in [0, 0.1) is 0 Å². The van der Waals surface area contributed by atoms with Gasteiger partial charge in [-0.1, -0.05) is 12.1 Å². The van der Waals surface area contributed by atoms with Gasteiger partial charge in [0, 0.05) is 26.3 Å². The maximum absolute atomic E-state index is 11.9. The SMILES string of the molecule is CC1N/C(=C\c2ccc(N(C)CCO)cc2)C(=O)N1C. The highest BCUT2D eigenvalue weighted by molar-refractivity contribution is 5.99. The smallest absolute Gasteiger partial charge is 0.271 e. The summed E-state index contributed by atoms with van der Waals surface area (Å²) in [7, 11) is 3.72. The highest BCUT2D eigenvalue weighted by Crippen LogP contribution is 2.18. The molecule has 1 fully saturated rings. The van der Waals surface area contributed by atoms with Crippen molar-refractivity contribution >= 4 is 17.7 Å². The number of hydrogen-bond donors (Lipinski definition) is 2. The second-order valence-corrected chi connectivity index (χ2v) is 5.03. The third-order valence-corrected chi connectivity index (χ3v) is 3.58. The zero-order chi connectivity index (χ0) is 14.7. The second-order valence-electron chi connectivity index (χ2n) is 5.03. The van der Waals surface area contributed by atoms with Crippen LogP contribution in [-0.2, 0) is 4.79 Å². The van der Waals surface area contributed by atoms with Gasteiger partial charge >= 0.3 is 0 Å². The van der Waals surface area contributed by atoms with Gasteiger partial charge in [-0.3, -0.25) is 4.79 Å². The number of likely N-dealkylation sites (N-methyl/N-ethyl adjacent to an activating group) is 2. The van der Waals surface area contributed by atoms with Gasteiger partial charge in [0.2, 0.25) is 0 Å². The fourth-order valence-corrected chi connectivity index (χ4v) is 2.12. The lowest BCUT2D eigenvalue weighted by Gasteiger charge is -2.17. The molecule has 1 aromatic rings. The van der Waals surface area contributed by atoms with Crippen molar-refractivity contribution < 1.29 is 9.90 Å². The van der Waals surface area contributed by atoms with Gasteiger partial charge in [0.25, 0.3) is 5.91 Å². The number of carbonyl (C=O) groups excluding carboxylic acids is 1. The minimum atomic E-state index is 0.0129. The van der Waals surface area contributed by atoms with Crippen LogP contribution in [0.4, 0.5) is 5.69 Å². The first-order chi connectivity index (χ1) is 9.52. The number of benzene rings is 1. The van der Waals surface area contributed by atoms with Crippen LogP contribution < -0.4 is 10.2 Å². The minimum absolute atomic E-state index is 0.0129. The van der Waals surface area contributed by atoms with Gasteiger partial charge in [0.1, 0.15) is 5.70 Å². The van der Waals surface area contributed by atoms with Crippen LogP contribution in [0.1, 0.15) is 12.5 Å². The van der Waals surface area contributed by atoms with Crippen molar-refractivity contribution in [3.63, 3.8) is 0 Å². The molecular weight excluding hydrogens is 254 g/mol. The summed E-state index contributed by atoms with van der Waals surface area (Å²) in [6, 6.07) is 7.89. The van der Waals surface area contributed by atoms with Crippen LogP contribution in [0.25, 0.3) is 6.08 Å². The monoisotopic (exact) mass is 275 g/mol. The average molecular weight is 275 g/mol. The summed E-state index contributed by atoms with van der Waals surface area (Å²) in [4.78, 5) is 15.6. The highest BCUT2D eigenvalue weighted by Gasteiger charge is 2.27. The van der Waals surface area contributed by atoms with Crippen LogP contribution in [0.15, 0.2) is 30.0 Å². The Balaban J connectivity index is 2.13. The van der Waals surface area contributed by atoms with Crippen molar-refractivity contribution in [3.05, 3.63) is 35.5 Å². The molecule has 108 valence electrons. The van der Waals surface area contributed by atoms with Crippen LogP contribution >= 0.6 is 0 Å². The molecule has 0 aliphatic carbocycles. The first-order valence-electron chi connectivity index (χ1n) is 6.70. The zero-order valence-electron chi connectivity index (χ0n) is 12.1. The van der Waals surface area contributed by atoms with E-state index in [1.54, 1.807) is 11.9 Å². The predicted molar refractivity (Wildman–Crippen MR) is 80.1 cm³/mol. The van der Waals surface area contributed by atoms with Crippen LogP contribution in [0.3, 0.4) is 0 Å². The number of carbonyl (C=O) groups is 1. The van der Waals surface area contributed by atoms with E-state index in [-0.39, 0.29) is 18.7 Å². The summed E-state index contributed by atoms with van der Waals surface area (Å²) in [5, 5.41) is 12.1. The van der Waals surface area contributed by atoms with Gasteiger partial charge < -0.3 is 20.2 Å². The molecule has 0 bridgehead atoms. The molecule has 0 radical (unpaired) electrons. The van der Waals surface area contributed by atoms with Crippen molar-refractivity contribution in [3.8, 4) is 0 Å². The fourth-order valence-electron chi connectivity index (χ4n) is 2.12.